The number of carbonyl (C=O) groups is 1. The van der Waals surface area contributed by atoms with Crippen LogP contribution in [0.3, 0.4) is 0 Å². The van der Waals surface area contributed by atoms with Gasteiger partial charge in [-0.15, -0.1) is 10.2 Å². The normalized spacial score (nSPS) is 10.9. The maximum atomic E-state index is 12.2. The molecule has 2 aromatic heterocycles. The van der Waals surface area contributed by atoms with Crippen molar-refractivity contribution in [3.05, 3.63) is 71.4 Å². The Kier molecular flexibility index (Phi) is 6.42. The lowest BCUT2D eigenvalue weighted by molar-refractivity contribution is -0.116. The molecule has 0 saturated carbocycles. The van der Waals surface area contributed by atoms with Crippen LogP contribution in [-0.4, -0.2) is 26.2 Å². The second-order valence-corrected chi connectivity index (χ2v) is 7.93. The first-order valence-electron chi connectivity index (χ1n) is 9.77. The second kappa shape index (κ2) is 9.57. The standard InChI is InChI=1S/C22H21N5O3S/c1-14-6-5-8-16(12-14)21-25-26-22(29-21)31-13-18-24-20(30-27-18)11-10-19(28)23-17-9-4-3-7-15(17)2/h3-9,12H,10-11,13H2,1-2H3,(H,23,28). The summed E-state index contributed by atoms with van der Waals surface area (Å²) in [6, 6.07) is 15.5. The monoisotopic (exact) mass is 435 g/mol. The van der Waals surface area contributed by atoms with E-state index in [1.165, 1.54) is 11.8 Å². The van der Waals surface area contributed by atoms with E-state index in [9.17, 15) is 4.79 Å². The lowest BCUT2D eigenvalue weighted by Gasteiger charge is -2.06. The number of thioether (sulfide) groups is 1. The van der Waals surface area contributed by atoms with Crippen molar-refractivity contribution in [2.45, 2.75) is 37.7 Å². The summed E-state index contributed by atoms with van der Waals surface area (Å²) in [7, 11) is 0. The van der Waals surface area contributed by atoms with Crippen molar-refractivity contribution in [2.24, 2.45) is 0 Å². The molecule has 31 heavy (non-hydrogen) atoms. The quantitative estimate of drug-likeness (QED) is 0.400. The molecule has 0 atom stereocenters. The highest BCUT2D eigenvalue weighted by Crippen LogP contribution is 2.25. The Morgan fingerprint density at radius 1 is 1.10 bits per heavy atom. The van der Waals surface area contributed by atoms with E-state index in [-0.39, 0.29) is 12.3 Å². The number of para-hydroxylation sites is 1. The molecule has 9 heteroatoms. The van der Waals surface area contributed by atoms with E-state index in [1.807, 2.05) is 62.4 Å². The van der Waals surface area contributed by atoms with Gasteiger partial charge in [0.15, 0.2) is 5.82 Å². The van der Waals surface area contributed by atoms with Crippen molar-refractivity contribution in [1.29, 1.82) is 0 Å². The van der Waals surface area contributed by atoms with Crippen LogP contribution >= 0.6 is 11.8 Å². The Labute approximate surface area is 183 Å². The predicted octanol–water partition coefficient (Wildman–Crippen LogP) is 4.60. The number of nitrogens with zero attached hydrogens (tertiary/aromatic N) is 4. The zero-order chi connectivity index (χ0) is 21.6. The summed E-state index contributed by atoms with van der Waals surface area (Å²) >= 11 is 1.33. The molecule has 1 N–H and O–H groups in total. The summed E-state index contributed by atoms with van der Waals surface area (Å²) in [6.07, 6.45) is 0.625. The average molecular weight is 436 g/mol. The van der Waals surface area contributed by atoms with Crippen molar-refractivity contribution in [1.82, 2.24) is 20.3 Å². The molecule has 0 bridgehead atoms. The number of hydrogen-bond acceptors (Lipinski definition) is 8. The lowest BCUT2D eigenvalue weighted by atomic mass is 10.1. The predicted molar refractivity (Wildman–Crippen MR) is 116 cm³/mol. The zero-order valence-corrected chi connectivity index (χ0v) is 18.0. The molecule has 0 spiro atoms. The van der Waals surface area contributed by atoms with Crippen molar-refractivity contribution >= 4 is 23.4 Å². The number of carbonyl (C=O) groups excluding carboxylic acids is 1. The number of amides is 1. The molecule has 4 aromatic rings. The number of benzene rings is 2. The summed E-state index contributed by atoms with van der Waals surface area (Å²) in [5.41, 5.74) is 3.82. The molecule has 0 aliphatic rings. The Morgan fingerprint density at radius 2 is 1.97 bits per heavy atom. The molecule has 8 nitrogen and oxygen atoms in total. The maximum absolute atomic E-state index is 12.2. The third kappa shape index (κ3) is 5.58. The first-order chi connectivity index (χ1) is 15.1. The molecule has 0 saturated heterocycles. The molecule has 2 heterocycles. The minimum absolute atomic E-state index is 0.0991. The first-order valence-corrected chi connectivity index (χ1v) is 10.8. The highest BCUT2D eigenvalue weighted by atomic mass is 32.2. The summed E-state index contributed by atoms with van der Waals surface area (Å²) in [4.78, 5) is 16.5. The summed E-state index contributed by atoms with van der Waals surface area (Å²) in [5, 5.41) is 15.4. The number of nitrogens with one attached hydrogen (secondary N) is 1. The van der Waals surface area contributed by atoms with Crippen molar-refractivity contribution in [2.75, 3.05) is 5.32 Å². The smallest absolute Gasteiger partial charge is 0.277 e. The van der Waals surface area contributed by atoms with Gasteiger partial charge >= 0.3 is 0 Å². The minimum Gasteiger partial charge on any atom is -0.411 e. The molecule has 0 unspecified atom stereocenters. The van der Waals surface area contributed by atoms with Crippen LogP contribution < -0.4 is 5.32 Å². The number of aryl methyl sites for hydroxylation is 3. The van der Waals surface area contributed by atoms with Crippen LogP contribution in [0, 0.1) is 13.8 Å². The molecule has 1 amide bonds. The van der Waals surface area contributed by atoms with E-state index in [1.54, 1.807) is 0 Å². The molecular weight excluding hydrogens is 414 g/mol. The van der Waals surface area contributed by atoms with Gasteiger partial charge < -0.3 is 14.3 Å². The van der Waals surface area contributed by atoms with Gasteiger partial charge in [0, 0.05) is 24.1 Å². The Balaban J connectivity index is 1.27. The fourth-order valence-electron chi connectivity index (χ4n) is 2.89. The van der Waals surface area contributed by atoms with Gasteiger partial charge in [-0.25, -0.2) is 0 Å². The van der Waals surface area contributed by atoms with Crippen LogP contribution in [0.15, 0.2) is 62.7 Å². The molecule has 4 rings (SSSR count). The van der Waals surface area contributed by atoms with E-state index in [0.717, 1.165) is 22.4 Å². The van der Waals surface area contributed by atoms with Crippen LogP contribution in [0.4, 0.5) is 5.69 Å². The van der Waals surface area contributed by atoms with Crippen LogP contribution in [0.25, 0.3) is 11.5 Å². The molecule has 158 valence electrons. The zero-order valence-electron chi connectivity index (χ0n) is 17.2. The summed E-state index contributed by atoms with van der Waals surface area (Å²) in [6.45, 7) is 3.96. The average Bonchev–Trinajstić information content (AvgIpc) is 3.42. The molecular formula is C22H21N5O3S. The molecule has 0 fully saturated rings. The largest absolute Gasteiger partial charge is 0.411 e. The number of rotatable bonds is 8. The van der Waals surface area contributed by atoms with Crippen LogP contribution in [0.1, 0.15) is 29.3 Å². The van der Waals surface area contributed by atoms with E-state index in [2.05, 4.69) is 25.7 Å². The third-order valence-electron chi connectivity index (χ3n) is 4.49. The minimum atomic E-state index is -0.0991. The van der Waals surface area contributed by atoms with E-state index >= 15 is 0 Å². The van der Waals surface area contributed by atoms with Crippen molar-refractivity contribution in [3.8, 4) is 11.5 Å². The maximum Gasteiger partial charge on any atom is 0.277 e. The number of anilines is 1. The SMILES string of the molecule is Cc1cccc(-c2nnc(SCc3noc(CCC(=O)Nc4ccccc4C)n3)o2)c1. The Morgan fingerprint density at radius 3 is 2.81 bits per heavy atom. The third-order valence-corrected chi connectivity index (χ3v) is 5.31. The van der Waals surface area contributed by atoms with E-state index in [4.69, 9.17) is 8.94 Å². The number of aromatic nitrogens is 4. The van der Waals surface area contributed by atoms with Crippen LogP contribution in [-0.2, 0) is 17.0 Å². The molecule has 0 radical (unpaired) electrons. The van der Waals surface area contributed by atoms with Gasteiger partial charge in [0.25, 0.3) is 5.22 Å². The van der Waals surface area contributed by atoms with E-state index < -0.39 is 0 Å². The van der Waals surface area contributed by atoms with Gasteiger partial charge in [0.1, 0.15) is 0 Å². The molecule has 0 aliphatic heterocycles. The van der Waals surface area contributed by atoms with Crippen LogP contribution in [0.2, 0.25) is 0 Å². The van der Waals surface area contributed by atoms with Gasteiger partial charge in [-0.2, -0.15) is 4.98 Å². The van der Waals surface area contributed by atoms with Gasteiger partial charge in [-0.1, -0.05) is 52.8 Å². The van der Waals surface area contributed by atoms with Crippen molar-refractivity contribution < 1.29 is 13.7 Å². The Bertz CT molecular complexity index is 1190. The highest BCUT2D eigenvalue weighted by molar-refractivity contribution is 7.98. The van der Waals surface area contributed by atoms with Gasteiger partial charge in [-0.05, 0) is 37.6 Å². The first kappa shape index (κ1) is 20.8. The van der Waals surface area contributed by atoms with Gasteiger partial charge in [0.05, 0.1) is 5.75 Å². The summed E-state index contributed by atoms with van der Waals surface area (Å²) < 4.78 is 10.9. The van der Waals surface area contributed by atoms with Crippen molar-refractivity contribution in [3.63, 3.8) is 0 Å². The van der Waals surface area contributed by atoms with Gasteiger partial charge in [0.2, 0.25) is 17.7 Å². The fraction of sp³-hybridized carbons (Fsp3) is 0.227. The Hall–Kier alpha value is -3.46. The van der Waals surface area contributed by atoms with Crippen LogP contribution in [0.5, 0.6) is 0 Å². The molecule has 0 aliphatic carbocycles. The lowest BCUT2D eigenvalue weighted by Crippen LogP contribution is -2.13. The number of hydrogen-bond donors (Lipinski definition) is 1. The second-order valence-electron chi connectivity index (χ2n) is 7.00. The fourth-order valence-corrected chi connectivity index (χ4v) is 3.49. The molecule has 2 aromatic carbocycles. The summed E-state index contributed by atoms with van der Waals surface area (Å²) in [5.74, 6) is 1.72. The van der Waals surface area contributed by atoms with E-state index in [0.29, 0.717) is 35.0 Å². The highest BCUT2D eigenvalue weighted by Gasteiger charge is 2.13. The van der Waals surface area contributed by atoms with Gasteiger partial charge in [-0.3, -0.25) is 4.79 Å². The topological polar surface area (TPSA) is 107 Å².